The quantitative estimate of drug-likeness (QED) is 0.381. The SMILES string of the molecule is COc1ccc(N/C(=C2\C(=O)Nc3ccc([N+](=O)[O-])cc32)c2ccccc2)cc1. The zero-order chi connectivity index (χ0) is 20.4. The maximum atomic E-state index is 12.8. The van der Waals surface area contributed by atoms with Crippen molar-refractivity contribution in [2.45, 2.75) is 0 Å². The Hall–Kier alpha value is -4.13. The predicted molar refractivity (Wildman–Crippen MR) is 112 cm³/mol. The van der Waals surface area contributed by atoms with Crippen LogP contribution in [0, 0.1) is 10.1 Å². The molecule has 0 atom stereocenters. The minimum absolute atomic E-state index is 0.0744. The highest BCUT2D eigenvalue weighted by Gasteiger charge is 2.30. The van der Waals surface area contributed by atoms with E-state index in [9.17, 15) is 14.9 Å². The number of rotatable bonds is 5. The molecule has 1 amide bonds. The lowest BCUT2D eigenvalue weighted by Gasteiger charge is -2.15. The number of ether oxygens (including phenoxy) is 1. The van der Waals surface area contributed by atoms with Crippen LogP contribution in [0.15, 0.2) is 72.8 Å². The molecule has 0 unspecified atom stereocenters. The average molecular weight is 387 g/mol. The largest absolute Gasteiger partial charge is 0.497 e. The van der Waals surface area contributed by atoms with Crippen molar-refractivity contribution in [2.75, 3.05) is 17.7 Å². The van der Waals surface area contributed by atoms with Crippen LogP contribution in [0.3, 0.4) is 0 Å². The summed E-state index contributed by atoms with van der Waals surface area (Å²) in [6, 6.07) is 21.0. The first kappa shape index (κ1) is 18.2. The third-order valence-electron chi connectivity index (χ3n) is 4.63. The highest BCUT2D eigenvalue weighted by atomic mass is 16.6. The van der Waals surface area contributed by atoms with Crippen molar-refractivity contribution in [1.82, 2.24) is 0 Å². The first-order chi connectivity index (χ1) is 14.1. The van der Waals surface area contributed by atoms with Gasteiger partial charge in [0, 0.05) is 29.1 Å². The zero-order valence-electron chi connectivity index (χ0n) is 15.5. The molecule has 3 aromatic rings. The molecule has 7 heteroatoms. The summed E-state index contributed by atoms with van der Waals surface area (Å²) in [4.78, 5) is 23.6. The molecule has 2 N–H and O–H groups in total. The Kier molecular flexibility index (Phi) is 4.70. The second kappa shape index (κ2) is 7.47. The number of anilines is 2. The van der Waals surface area contributed by atoms with E-state index < -0.39 is 4.92 Å². The van der Waals surface area contributed by atoms with Gasteiger partial charge in [-0.1, -0.05) is 30.3 Å². The van der Waals surface area contributed by atoms with Crippen LogP contribution in [0.4, 0.5) is 17.1 Å². The van der Waals surface area contributed by atoms with Crippen LogP contribution in [0.2, 0.25) is 0 Å². The topological polar surface area (TPSA) is 93.5 Å². The summed E-state index contributed by atoms with van der Waals surface area (Å²) in [5, 5.41) is 17.3. The van der Waals surface area contributed by atoms with Crippen LogP contribution in [0.1, 0.15) is 11.1 Å². The molecule has 0 spiro atoms. The predicted octanol–water partition coefficient (Wildman–Crippen LogP) is 4.54. The maximum Gasteiger partial charge on any atom is 0.270 e. The number of carbonyl (C=O) groups is 1. The molecular weight excluding hydrogens is 370 g/mol. The molecule has 3 aromatic carbocycles. The third kappa shape index (κ3) is 3.53. The van der Waals surface area contributed by atoms with Gasteiger partial charge >= 0.3 is 0 Å². The lowest BCUT2D eigenvalue weighted by atomic mass is 9.99. The number of nitro benzene ring substituents is 1. The summed E-state index contributed by atoms with van der Waals surface area (Å²) in [6.07, 6.45) is 0. The van der Waals surface area contributed by atoms with E-state index in [0.717, 1.165) is 11.3 Å². The fourth-order valence-electron chi connectivity index (χ4n) is 3.22. The molecule has 0 radical (unpaired) electrons. The summed E-state index contributed by atoms with van der Waals surface area (Å²) in [5.74, 6) is 0.393. The Morgan fingerprint density at radius 2 is 1.76 bits per heavy atom. The van der Waals surface area contributed by atoms with Crippen LogP contribution < -0.4 is 15.4 Å². The minimum atomic E-state index is -0.472. The van der Waals surface area contributed by atoms with Crippen LogP contribution >= 0.6 is 0 Å². The molecule has 1 aliphatic heterocycles. The molecule has 7 nitrogen and oxygen atoms in total. The Morgan fingerprint density at radius 3 is 2.41 bits per heavy atom. The van der Waals surface area contributed by atoms with Crippen LogP contribution in [-0.2, 0) is 4.79 Å². The van der Waals surface area contributed by atoms with Crippen molar-refractivity contribution in [2.24, 2.45) is 0 Å². The number of fused-ring (bicyclic) bond motifs is 1. The van der Waals surface area contributed by atoms with Crippen LogP contribution in [0.5, 0.6) is 5.75 Å². The summed E-state index contributed by atoms with van der Waals surface area (Å²) >= 11 is 0. The summed E-state index contributed by atoms with van der Waals surface area (Å²) in [7, 11) is 1.59. The molecule has 0 saturated heterocycles. The molecule has 0 fully saturated rings. The van der Waals surface area contributed by atoms with Crippen LogP contribution in [0.25, 0.3) is 11.3 Å². The number of methoxy groups -OCH3 is 1. The Balaban J connectivity index is 1.88. The van der Waals surface area contributed by atoms with Gasteiger partial charge in [0.25, 0.3) is 11.6 Å². The van der Waals surface area contributed by atoms with Crippen molar-refractivity contribution in [3.63, 3.8) is 0 Å². The molecule has 144 valence electrons. The first-order valence-electron chi connectivity index (χ1n) is 8.88. The maximum absolute atomic E-state index is 12.8. The Morgan fingerprint density at radius 1 is 1.03 bits per heavy atom. The van der Waals surface area contributed by atoms with Crippen molar-refractivity contribution in [3.05, 3.63) is 94.0 Å². The highest BCUT2D eigenvalue weighted by molar-refractivity contribution is 6.37. The van der Waals surface area contributed by atoms with Gasteiger partial charge in [0.15, 0.2) is 0 Å². The number of non-ortho nitro benzene ring substituents is 1. The Bertz CT molecular complexity index is 1120. The fourth-order valence-corrected chi connectivity index (χ4v) is 3.22. The number of hydrogen-bond acceptors (Lipinski definition) is 5. The molecule has 1 aliphatic rings. The van der Waals surface area contributed by atoms with Gasteiger partial charge in [0.2, 0.25) is 0 Å². The number of benzene rings is 3. The van der Waals surface area contributed by atoms with E-state index in [0.29, 0.717) is 28.3 Å². The van der Waals surface area contributed by atoms with Gasteiger partial charge in [-0.25, -0.2) is 0 Å². The fraction of sp³-hybridized carbons (Fsp3) is 0.0455. The zero-order valence-corrected chi connectivity index (χ0v) is 15.5. The number of hydrogen-bond donors (Lipinski definition) is 2. The molecule has 0 aliphatic carbocycles. The number of amides is 1. The van der Waals surface area contributed by atoms with Gasteiger partial charge in [-0.15, -0.1) is 0 Å². The number of carbonyl (C=O) groups excluding carboxylic acids is 1. The van der Waals surface area contributed by atoms with E-state index in [4.69, 9.17) is 4.74 Å². The van der Waals surface area contributed by atoms with Crippen molar-refractivity contribution < 1.29 is 14.5 Å². The first-order valence-corrected chi connectivity index (χ1v) is 8.88. The molecule has 1 heterocycles. The molecular formula is C22H17N3O4. The summed E-state index contributed by atoms with van der Waals surface area (Å²) < 4.78 is 5.19. The van der Waals surface area contributed by atoms with Gasteiger partial charge in [-0.2, -0.15) is 0 Å². The van der Waals surface area contributed by atoms with E-state index in [1.807, 2.05) is 54.6 Å². The number of nitrogens with one attached hydrogen (secondary N) is 2. The van der Waals surface area contributed by atoms with E-state index in [1.165, 1.54) is 12.1 Å². The van der Waals surface area contributed by atoms with Crippen molar-refractivity contribution >= 4 is 34.2 Å². The summed E-state index contributed by atoms with van der Waals surface area (Å²) in [5.41, 5.74) is 3.41. The van der Waals surface area contributed by atoms with E-state index in [1.54, 1.807) is 13.2 Å². The third-order valence-corrected chi connectivity index (χ3v) is 4.63. The van der Waals surface area contributed by atoms with Crippen molar-refractivity contribution in [1.29, 1.82) is 0 Å². The average Bonchev–Trinajstić information content (AvgIpc) is 3.07. The van der Waals surface area contributed by atoms with E-state index in [-0.39, 0.29) is 11.6 Å². The van der Waals surface area contributed by atoms with E-state index in [2.05, 4.69) is 10.6 Å². The molecule has 4 rings (SSSR count). The lowest BCUT2D eigenvalue weighted by molar-refractivity contribution is -0.384. The smallest absolute Gasteiger partial charge is 0.270 e. The van der Waals surface area contributed by atoms with Gasteiger partial charge in [-0.3, -0.25) is 14.9 Å². The monoisotopic (exact) mass is 387 g/mol. The van der Waals surface area contributed by atoms with Crippen LogP contribution in [-0.4, -0.2) is 17.9 Å². The second-order valence-electron chi connectivity index (χ2n) is 6.41. The van der Waals surface area contributed by atoms with Gasteiger partial charge < -0.3 is 15.4 Å². The molecule has 0 saturated carbocycles. The Labute approximate surface area is 166 Å². The molecule has 0 aromatic heterocycles. The van der Waals surface area contributed by atoms with Gasteiger partial charge in [-0.05, 0) is 35.9 Å². The lowest BCUT2D eigenvalue weighted by Crippen LogP contribution is -2.10. The molecule has 29 heavy (non-hydrogen) atoms. The minimum Gasteiger partial charge on any atom is -0.497 e. The van der Waals surface area contributed by atoms with E-state index >= 15 is 0 Å². The normalized spacial score (nSPS) is 14.0. The standard InChI is InChI=1S/C22H17N3O4/c1-29-17-10-7-15(8-11-17)23-21(14-5-3-2-4-6-14)20-18-13-16(25(27)28)9-12-19(18)24-22(20)26/h2-13,23H,1H3,(H,24,26)/b21-20-. The number of nitro groups is 1. The van der Waals surface area contributed by atoms with Gasteiger partial charge in [0.05, 0.1) is 23.3 Å². The number of nitrogens with zero attached hydrogens (tertiary/aromatic N) is 1. The second-order valence-corrected chi connectivity index (χ2v) is 6.41. The molecule has 0 bridgehead atoms. The van der Waals surface area contributed by atoms with Gasteiger partial charge in [0.1, 0.15) is 5.75 Å². The highest BCUT2D eigenvalue weighted by Crippen LogP contribution is 2.39. The van der Waals surface area contributed by atoms with Crippen molar-refractivity contribution in [3.8, 4) is 5.75 Å². The summed E-state index contributed by atoms with van der Waals surface area (Å²) in [6.45, 7) is 0.